The van der Waals surface area contributed by atoms with E-state index in [4.69, 9.17) is 18.4 Å². The van der Waals surface area contributed by atoms with Gasteiger partial charge in [0.2, 0.25) is 17.0 Å². The van der Waals surface area contributed by atoms with Crippen LogP contribution >= 0.6 is 18.5 Å². The van der Waals surface area contributed by atoms with E-state index in [1.54, 1.807) is 0 Å². The number of hydrogen-bond acceptors (Lipinski definition) is 13. The number of hydrogen-bond donors (Lipinski definition) is 3. The van der Waals surface area contributed by atoms with Gasteiger partial charge in [0.25, 0.3) is 0 Å². The SMILES string of the molecule is C=C(C)c1ccccc1.C=C/C=C/OS(=O)CC1CC(O)C(OC2CC(O)CC(CO)O2)C(CN=O)O1.CC1CC(=O)N1c1ccc(P)cc1.CCC(N=O)c1ccc(P)cc1. The first kappa shape index (κ1) is 52.5. The summed E-state index contributed by atoms with van der Waals surface area (Å²) in [7, 11) is 5.24. The second kappa shape index (κ2) is 28.0. The molecule has 0 spiro atoms. The van der Waals surface area contributed by atoms with Crippen molar-refractivity contribution in [2.24, 2.45) is 10.4 Å². The molecule has 3 saturated heterocycles. The molecule has 3 aromatic carbocycles. The highest BCUT2D eigenvalue weighted by Gasteiger charge is 2.42. The molecule has 12 unspecified atom stereocenters. The van der Waals surface area contributed by atoms with Crippen LogP contribution in [0.1, 0.15) is 70.0 Å². The zero-order chi connectivity index (χ0) is 45.6. The molecular formula is C45H61N3O11P2S. The van der Waals surface area contributed by atoms with E-state index in [0.29, 0.717) is 12.5 Å². The number of benzene rings is 3. The van der Waals surface area contributed by atoms with Crippen LogP contribution in [0.15, 0.2) is 121 Å². The Morgan fingerprint density at radius 1 is 0.984 bits per heavy atom. The fourth-order valence-corrected chi connectivity index (χ4v) is 7.80. The van der Waals surface area contributed by atoms with E-state index in [-0.39, 0.29) is 50.1 Å². The number of rotatable bonds is 15. The van der Waals surface area contributed by atoms with Crippen molar-refractivity contribution in [1.29, 1.82) is 0 Å². The minimum atomic E-state index is -1.69. The van der Waals surface area contributed by atoms with Gasteiger partial charge in [-0.2, -0.15) is 9.81 Å². The number of anilines is 1. The topological polar surface area (TPSA) is 194 Å². The van der Waals surface area contributed by atoms with Gasteiger partial charge >= 0.3 is 0 Å². The molecule has 3 heterocycles. The number of β-lactam (4-membered cyclic amide) rings is 1. The van der Waals surface area contributed by atoms with Crippen LogP contribution in [0.5, 0.6) is 0 Å². The average molecular weight is 914 g/mol. The van der Waals surface area contributed by atoms with Crippen molar-refractivity contribution in [3.63, 3.8) is 0 Å². The van der Waals surface area contributed by atoms with E-state index in [9.17, 15) is 34.1 Å². The Morgan fingerprint density at radius 3 is 2.15 bits per heavy atom. The van der Waals surface area contributed by atoms with Gasteiger partial charge in [0.05, 0.1) is 36.8 Å². The van der Waals surface area contributed by atoms with E-state index in [0.717, 1.165) is 33.9 Å². The average Bonchev–Trinajstić information content (AvgIpc) is 3.25. The summed E-state index contributed by atoms with van der Waals surface area (Å²) in [6, 6.07) is 26.1. The Bertz CT molecular complexity index is 1890. The van der Waals surface area contributed by atoms with Gasteiger partial charge in [-0.1, -0.05) is 109 Å². The quantitative estimate of drug-likeness (QED) is 0.0507. The van der Waals surface area contributed by atoms with Crippen molar-refractivity contribution in [3.05, 3.63) is 131 Å². The smallest absolute Gasteiger partial charge is 0.229 e. The van der Waals surface area contributed by atoms with Crippen LogP contribution in [0, 0.1) is 9.81 Å². The maximum Gasteiger partial charge on any atom is 0.229 e. The summed E-state index contributed by atoms with van der Waals surface area (Å²) in [5.41, 5.74) is 4.35. The highest BCUT2D eigenvalue weighted by molar-refractivity contribution is 7.80. The molecule has 0 radical (unpaired) electrons. The predicted molar refractivity (Wildman–Crippen MR) is 252 cm³/mol. The third kappa shape index (κ3) is 17.7. The fraction of sp³-hybridized carbons (Fsp3) is 0.444. The lowest BCUT2D eigenvalue weighted by Crippen LogP contribution is -2.54. The Morgan fingerprint density at radius 2 is 1.63 bits per heavy atom. The molecule has 0 aromatic heterocycles. The van der Waals surface area contributed by atoms with Crippen molar-refractivity contribution in [3.8, 4) is 0 Å². The highest BCUT2D eigenvalue weighted by Crippen LogP contribution is 2.30. The molecule has 0 saturated carbocycles. The Kier molecular flexibility index (Phi) is 23.7. The van der Waals surface area contributed by atoms with Crippen molar-refractivity contribution >= 4 is 57.3 Å². The second-order valence-electron chi connectivity index (χ2n) is 14.9. The summed E-state index contributed by atoms with van der Waals surface area (Å²) in [6.07, 6.45) is 0.605. The van der Waals surface area contributed by atoms with Crippen molar-refractivity contribution in [2.45, 2.75) is 108 Å². The van der Waals surface area contributed by atoms with E-state index in [1.165, 1.54) is 24.0 Å². The van der Waals surface area contributed by atoms with Crippen LogP contribution in [-0.2, 0) is 34.3 Å². The van der Waals surface area contributed by atoms with E-state index in [1.807, 2.05) is 85.5 Å². The first-order valence-corrected chi connectivity index (χ1v) is 22.7. The summed E-state index contributed by atoms with van der Waals surface area (Å²) in [5.74, 6) is 0.218. The maximum absolute atomic E-state index is 11.9. The Hall–Kier alpha value is -3.88. The zero-order valence-electron chi connectivity index (χ0n) is 35.5. The molecule has 14 nitrogen and oxygen atoms in total. The summed E-state index contributed by atoms with van der Waals surface area (Å²) in [4.78, 5) is 34.2. The van der Waals surface area contributed by atoms with Crippen molar-refractivity contribution in [1.82, 2.24) is 0 Å². The number of nitrogens with zero attached hydrogens (tertiary/aromatic N) is 3. The van der Waals surface area contributed by atoms with Gasteiger partial charge in [-0.3, -0.25) is 4.79 Å². The van der Waals surface area contributed by atoms with Crippen molar-refractivity contribution < 1.29 is 42.7 Å². The van der Waals surface area contributed by atoms with Gasteiger partial charge < -0.3 is 38.6 Å². The number of amides is 1. The summed E-state index contributed by atoms with van der Waals surface area (Å²) < 4.78 is 33.9. The number of aliphatic hydroxyl groups excluding tert-OH is 3. The molecule has 3 fully saturated rings. The van der Waals surface area contributed by atoms with E-state index < -0.39 is 54.0 Å². The van der Waals surface area contributed by atoms with Gasteiger partial charge in [-0.25, -0.2) is 4.21 Å². The van der Waals surface area contributed by atoms with Crippen LogP contribution in [0.25, 0.3) is 5.57 Å². The molecule has 3 aliphatic rings. The third-order valence-corrected chi connectivity index (χ3v) is 11.6. The van der Waals surface area contributed by atoms with Crippen molar-refractivity contribution in [2.75, 3.05) is 23.8 Å². The van der Waals surface area contributed by atoms with Crippen LogP contribution in [0.2, 0.25) is 0 Å². The van der Waals surface area contributed by atoms with E-state index in [2.05, 4.69) is 61.0 Å². The Labute approximate surface area is 372 Å². The number of allylic oxidation sites excluding steroid dienone is 3. The third-order valence-electron chi connectivity index (χ3n) is 9.88. The lowest BCUT2D eigenvalue weighted by molar-refractivity contribution is -0.280. The number of ether oxygens (including phenoxy) is 3. The molecule has 3 aliphatic heterocycles. The maximum atomic E-state index is 11.9. The molecule has 3 N–H and O–H groups in total. The highest BCUT2D eigenvalue weighted by atomic mass is 32.2. The van der Waals surface area contributed by atoms with Crippen LogP contribution in [-0.4, -0.2) is 93.3 Å². The monoisotopic (exact) mass is 913 g/mol. The zero-order valence-corrected chi connectivity index (χ0v) is 38.6. The molecule has 1 amide bonds. The molecule has 0 aliphatic carbocycles. The molecule has 62 heavy (non-hydrogen) atoms. The molecule has 12 atom stereocenters. The molecule has 0 bridgehead atoms. The lowest BCUT2D eigenvalue weighted by Gasteiger charge is -2.41. The largest absolute Gasteiger partial charge is 0.408 e. The van der Waals surface area contributed by atoms with Gasteiger partial charge in [0.1, 0.15) is 31.1 Å². The molecule has 3 aromatic rings. The predicted octanol–water partition coefficient (Wildman–Crippen LogP) is 6.33. The Balaban J connectivity index is 0.000000248. The number of carbonyl (C=O) groups is 1. The number of carbonyl (C=O) groups excluding carboxylic acids is 1. The summed E-state index contributed by atoms with van der Waals surface area (Å²) in [5, 5.41) is 37.8. The van der Waals surface area contributed by atoms with E-state index >= 15 is 0 Å². The summed E-state index contributed by atoms with van der Waals surface area (Å²) in [6.45, 7) is 12.8. The minimum Gasteiger partial charge on any atom is -0.408 e. The fourth-order valence-electron chi connectivity index (χ4n) is 6.63. The first-order valence-electron chi connectivity index (χ1n) is 20.3. The van der Waals surface area contributed by atoms with Crippen LogP contribution in [0.3, 0.4) is 0 Å². The molecule has 338 valence electrons. The standard InChI is InChI=1S/C17H27NO9S.C10H12NOP.C9H12NOP.C9H10/c1-2-3-4-24-28(23)10-13-7-14(21)17(15(25-13)8-18-22)27-16-6-11(20)5-12(9-19)26-16;1-7-6-10(12)11(7)8-2-4-9(13)5-3-8;1-2-9(10-11)7-3-5-8(12)6-4-7;1-8(2)9-6-4-3-5-7-9/h2-4,11-17,19-21H,1,5-10H2;2-5,7H,6,13H2,1H3;3-6,9H,2,12H2,1H3;3-7H,1H2,2H3/b4-3+;;;. The van der Waals surface area contributed by atoms with Crippen LogP contribution in [0.4, 0.5) is 5.69 Å². The first-order chi connectivity index (χ1) is 29.7. The van der Waals surface area contributed by atoms with Gasteiger partial charge in [0.15, 0.2) is 6.29 Å². The molecular weight excluding hydrogens is 853 g/mol. The summed E-state index contributed by atoms with van der Waals surface area (Å²) >= 11 is -1.69. The second-order valence-corrected chi connectivity index (χ2v) is 17.4. The van der Waals surface area contributed by atoms with Crippen LogP contribution < -0.4 is 15.5 Å². The molecule has 6 rings (SSSR count). The van der Waals surface area contributed by atoms with Gasteiger partial charge in [0, 0.05) is 37.4 Å². The number of aliphatic hydroxyl groups is 3. The molecule has 17 heteroatoms. The minimum absolute atomic E-state index is 0.00809. The normalized spacial score (nSPS) is 25.2. The van der Waals surface area contributed by atoms with Gasteiger partial charge in [-0.05, 0) is 60.2 Å². The van der Waals surface area contributed by atoms with Gasteiger partial charge in [-0.15, -0.1) is 18.5 Å². The lowest BCUT2D eigenvalue weighted by atomic mass is 9.97. The number of nitroso groups, excluding NO2 is 2.